The maximum atomic E-state index is 13.5. The van der Waals surface area contributed by atoms with Gasteiger partial charge in [-0.2, -0.15) is 0 Å². The van der Waals surface area contributed by atoms with E-state index < -0.39 is 23.0 Å². The smallest absolute Gasteiger partial charge is 0.258 e. The van der Waals surface area contributed by atoms with Gasteiger partial charge >= 0.3 is 0 Å². The lowest BCUT2D eigenvalue weighted by molar-refractivity contribution is -0.384. The molecule has 0 atom stereocenters. The quantitative estimate of drug-likeness (QED) is 0.226. The zero-order valence-corrected chi connectivity index (χ0v) is 19.3. The van der Waals surface area contributed by atoms with Gasteiger partial charge in [-0.3, -0.25) is 10.1 Å². The van der Waals surface area contributed by atoms with Gasteiger partial charge in [0.1, 0.15) is 8.07 Å². The van der Waals surface area contributed by atoms with Crippen molar-refractivity contribution in [1.29, 1.82) is 0 Å². The summed E-state index contributed by atoms with van der Waals surface area (Å²) in [5.74, 6) is 0. The number of non-ortho nitro benzene ring substituents is 1. The van der Waals surface area contributed by atoms with Crippen LogP contribution >= 0.6 is 22.6 Å². The minimum absolute atomic E-state index is 0.126. The van der Waals surface area contributed by atoms with Gasteiger partial charge < -0.3 is 0 Å². The molecule has 3 rings (SSSR count). The van der Waals surface area contributed by atoms with Crippen LogP contribution in [0.5, 0.6) is 0 Å². The Balaban J connectivity index is 2.47. The van der Waals surface area contributed by atoms with Gasteiger partial charge in [0.2, 0.25) is 0 Å². The Morgan fingerprint density at radius 3 is 2.19 bits per heavy atom. The summed E-state index contributed by atoms with van der Waals surface area (Å²) in [6.07, 6.45) is 0. The van der Waals surface area contributed by atoms with Crippen LogP contribution in [0.1, 0.15) is 5.56 Å². The number of aromatic nitrogens is 1. The van der Waals surface area contributed by atoms with Crippen LogP contribution in [-0.4, -0.2) is 25.4 Å². The zero-order chi connectivity index (χ0) is 20.1. The van der Waals surface area contributed by atoms with E-state index in [0.29, 0.717) is 10.9 Å². The third kappa shape index (κ3) is 3.43. The number of fused-ring (bicyclic) bond motifs is 1. The first kappa shape index (κ1) is 20.0. The Morgan fingerprint density at radius 2 is 1.67 bits per heavy atom. The topological polar surface area (TPSA) is 82.2 Å². The van der Waals surface area contributed by atoms with Crippen molar-refractivity contribution in [2.24, 2.45) is 0 Å². The van der Waals surface area contributed by atoms with E-state index in [4.69, 9.17) is 0 Å². The van der Waals surface area contributed by atoms with Gasteiger partial charge in [-0.1, -0.05) is 37.3 Å². The van der Waals surface area contributed by atoms with Gasteiger partial charge in [0, 0.05) is 26.4 Å². The highest BCUT2D eigenvalue weighted by atomic mass is 127. The third-order valence-corrected chi connectivity index (χ3v) is 9.71. The second kappa shape index (κ2) is 6.71. The van der Waals surface area contributed by atoms with Gasteiger partial charge in [0.05, 0.1) is 15.3 Å². The Hall–Kier alpha value is -1.72. The maximum Gasteiger partial charge on any atom is 0.271 e. The molecule has 1 aromatic heterocycles. The normalized spacial score (nSPS) is 12.5. The van der Waals surface area contributed by atoms with Crippen molar-refractivity contribution in [2.75, 3.05) is 0 Å². The van der Waals surface area contributed by atoms with E-state index in [9.17, 15) is 18.5 Å². The van der Waals surface area contributed by atoms with Crippen LogP contribution in [0.4, 0.5) is 5.69 Å². The van der Waals surface area contributed by atoms with Crippen LogP contribution < -0.4 is 5.32 Å². The Kier molecular flexibility index (Phi) is 4.98. The fraction of sp³-hybridized carbons (Fsp3) is 0.222. The zero-order valence-electron chi connectivity index (χ0n) is 15.4. The lowest BCUT2D eigenvalue weighted by atomic mass is 10.2. The SMILES string of the molecule is Cc1ccc(S(=O)(=O)n2c([Si](C)(C)C)c(I)c3ccc([N+](=O)[O-])cc32)cc1. The highest BCUT2D eigenvalue weighted by Gasteiger charge is 2.33. The van der Waals surface area contributed by atoms with E-state index in [0.717, 1.165) is 14.5 Å². The van der Waals surface area contributed by atoms with Crippen LogP contribution in [0, 0.1) is 20.6 Å². The van der Waals surface area contributed by atoms with E-state index in [1.54, 1.807) is 30.3 Å². The van der Waals surface area contributed by atoms with Crippen molar-refractivity contribution in [3.8, 4) is 0 Å². The lowest BCUT2D eigenvalue weighted by Crippen LogP contribution is -2.46. The summed E-state index contributed by atoms with van der Waals surface area (Å²) in [6, 6.07) is 11.1. The molecule has 142 valence electrons. The number of halogens is 1. The average molecular weight is 514 g/mol. The number of nitro groups is 1. The first-order valence-corrected chi connectivity index (χ1v) is 14.3. The van der Waals surface area contributed by atoms with E-state index in [2.05, 4.69) is 42.2 Å². The Morgan fingerprint density at radius 1 is 1.07 bits per heavy atom. The highest BCUT2D eigenvalue weighted by Crippen LogP contribution is 2.30. The second-order valence-corrected chi connectivity index (χ2v) is 15.3. The molecular formula is C18H19IN2O4SSi. The van der Waals surface area contributed by atoms with E-state index in [1.807, 2.05) is 6.92 Å². The van der Waals surface area contributed by atoms with Gasteiger partial charge in [0.15, 0.2) is 0 Å². The summed E-state index contributed by atoms with van der Waals surface area (Å²) < 4.78 is 29.2. The van der Waals surface area contributed by atoms with Gasteiger partial charge in [-0.05, 0) is 47.7 Å². The third-order valence-electron chi connectivity index (χ3n) is 4.33. The molecule has 0 bridgehead atoms. The molecule has 0 radical (unpaired) electrons. The van der Waals surface area contributed by atoms with Gasteiger partial charge in [-0.15, -0.1) is 0 Å². The first-order valence-electron chi connectivity index (χ1n) is 8.25. The number of benzene rings is 2. The van der Waals surface area contributed by atoms with Crippen LogP contribution in [0.15, 0.2) is 47.4 Å². The van der Waals surface area contributed by atoms with Crippen molar-refractivity contribution in [3.05, 3.63) is 61.7 Å². The standard InChI is InChI=1S/C18H19IN2O4SSi/c1-12-5-8-14(9-6-12)26(24,25)20-16-11-13(21(22)23)7-10-15(16)17(19)18(20)27(2,3)4/h5-11H,1-4H3. The van der Waals surface area contributed by atoms with E-state index in [-0.39, 0.29) is 10.6 Å². The number of rotatable bonds is 4. The van der Waals surface area contributed by atoms with Gasteiger partial charge in [-0.25, -0.2) is 12.4 Å². The van der Waals surface area contributed by atoms with E-state index >= 15 is 0 Å². The molecule has 27 heavy (non-hydrogen) atoms. The summed E-state index contributed by atoms with van der Waals surface area (Å²) in [6.45, 7) is 8.10. The summed E-state index contributed by atoms with van der Waals surface area (Å²) in [7, 11) is -5.99. The van der Waals surface area contributed by atoms with Crippen molar-refractivity contribution in [1.82, 2.24) is 3.97 Å². The summed E-state index contributed by atoms with van der Waals surface area (Å²) in [4.78, 5) is 10.9. The van der Waals surface area contributed by atoms with Crippen molar-refractivity contribution < 1.29 is 13.3 Å². The maximum absolute atomic E-state index is 13.5. The average Bonchev–Trinajstić information content (AvgIpc) is 2.88. The Labute approximate surface area is 172 Å². The predicted octanol–water partition coefficient (Wildman–Crippen LogP) is 4.24. The molecule has 0 amide bonds. The molecular weight excluding hydrogens is 495 g/mol. The summed E-state index contributed by atoms with van der Waals surface area (Å²) in [5.41, 5.74) is 1.19. The molecule has 0 spiro atoms. The lowest BCUT2D eigenvalue weighted by Gasteiger charge is -2.21. The molecule has 0 saturated carbocycles. The highest BCUT2D eigenvalue weighted by molar-refractivity contribution is 14.1. The number of hydrogen-bond acceptors (Lipinski definition) is 4. The molecule has 9 heteroatoms. The van der Waals surface area contributed by atoms with Crippen LogP contribution in [-0.2, 0) is 10.0 Å². The monoisotopic (exact) mass is 514 g/mol. The van der Waals surface area contributed by atoms with E-state index in [1.165, 1.54) is 16.1 Å². The number of nitro benzene ring substituents is 1. The summed E-state index contributed by atoms with van der Waals surface area (Å²) in [5, 5.41) is 12.7. The summed E-state index contributed by atoms with van der Waals surface area (Å²) >= 11 is 2.16. The molecule has 0 saturated heterocycles. The van der Waals surface area contributed by atoms with Crippen LogP contribution in [0.3, 0.4) is 0 Å². The van der Waals surface area contributed by atoms with Crippen LogP contribution in [0.25, 0.3) is 10.9 Å². The molecule has 6 nitrogen and oxygen atoms in total. The van der Waals surface area contributed by atoms with Crippen LogP contribution in [0.2, 0.25) is 19.6 Å². The van der Waals surface area contributed by atoms with Gasteiger partial charge in [0.25, 0.3) is 15.7 Å². The number of aryl methyl sites for hydroxylation is 1. The molecule has 2 aromatic carbocycles. The predicted molar refractivity (Wildman–Crippen MR) is 118 cm³/mol. The molecule has 0 unspecified atom stereocenters. The molecule has 1 heterocycles. The minimum atomic E-state index is -3.89. The Bertz CT molecular complexity index is 1160. The molecule has 3 aromatic rings. The second-order valence-electron chi connectivity index (χ2n) is 7.45. The number of nitrogens with zero attached hydrogens (tertiary/aromatic N) is 2. The van der Waals surface area contributed by atoms with Crippen molar-refractivity contribution in [3.63, 3.8) is 0 Å². The molecule has 0 fully saturated rings. The fourth-order valence-electron chi connectivity index (χ4n) is 3.02. The molecule has 0 aliphatic rings. The molecule has 0 aliphatic carbocycles. The number of hydrogen-bond donors (Lipinski definition) is 0. The van der Waals surface area contributed by atoms with Crippen molar-refractivity contribution >= 4 is 62.6 Å². The minimum Gasteiger partial charge on any atom is -0.258 e. The fourth-order valence-corrected chi connectivity index (χ4v) is 10.4. The largest absolute Gasteiger partial charge is 0.271 e. The molecule has 0 N–H and O–H groups in total. The van der Waals surface area contributed by atoms with Crippen molar-refractivity contribution in [2.45, 2.75) is 31.5 Å². The molecule has 0 aliphatic heterocycles. The first-order chi connectivity index (χ1) is 12.4.